The molecule has 0 unspecified atom stereocenters. The predicted molar refractivity (Wildman–Crippen MR) is 128 cm³/mol. The molecule has 1 aliphatic rings. The molecule has 184 valence electrons. The van der Waals surface area contributed by atoms with E-state index in [2.05, 4.69) is 10.3 Å². The van der Waals surface area contributed by atoms with Crippen LogP contribution < -0.4 is 15.0 Å². The summed E-state index contributed by atoms with van der Waals surface area (Å²) in [6, 6.07) is 13.9. The van der Waals surface area contributed by atoms with E-state index in [0.29, 0.717) is 24.4 Å². The number of esters is 1. The summed E-state index contributed by atoms with van der Waals surface area (Å²) in [7, 11) is 3.20. The molecule has 0 saturated carbocycles. The van der Waals surface area contributed by atoms with E-state index in [9.17, 15) is 18.0 Å². The Morgan fingerprint density at radius 1 is 1.17 bits per heavy atom. The number of nitrogens with one attached hydrogen (secondary N) is 1. The smallest absolute Gasteiger partial charge is 0.393 e. The molecule has 35 heavy (non-hydrogen) atoms. The van der Waals surface area contributed by atoms with Crippen molar-refractivity contribution in [3.63, 3.8) is 0 Å². The SMILES string of the molecule is COC(=O)c1ccncc1NC[C@@H]1CCOc2cc(N(C)c3ccc(CC(F)(F)F)cc3)ccc21. The van der Waals surface area contributed by atoms with E-state index in [1.165, 1.54) is 19.2 Å². The van der Waals surface area contributed by atoms with E-state index >= 15 is 0 Å². The lowest BCUT2D eigenvalue weighted by molar-refractivity contribution is -0.127. The first-order valence-electron chi connectivity index (χ1n) is 11.2. The van der Waals surface area contributed by atoms with Crippen molar-refractivity contribution in [3.05, 3.63) is 77.6 Å². The van der Waals surface area contributed by atoms with E-state index in [1.54, 1.807) is 30.6 Å². The lowest BCUT2D eigenvalue weighted by Crippen LogP contribution is -2.22. The average Bonchev–Trinajstić information content (AvgIpc) is 2.86. The standard InChI is InChI=1S/C26H26F3N3O3/c1-32(19-5-3-17(4-6-19)14-26(27,28)29)20-7-8-21-18(10-12-35-24(21)13-20)15-31-23-16-30-11-9-22(23)25(33)34-2/h3-9,11,13,16,18,31H,10,12,14-15H2,1-2H3/t18-/m0/s1. The number of anilines is 3. The highest BCUT2D eigenvalue weighted by Gasteiger charge is 2.27. The minimum Gasteiger partial charge on any atom is -0.493 e. The van der Waals surface area contributed by atoms with Gasteiger partial charge in [-0.15, -0.1) is 0 Å². The van der Waals surface area contributed by atoms with Crippen molar-refractivity contribution in [1.29, 1.82) is 0 Å². The first kappa shape index (κ1) is 24.4. The third-order valence-electron chi connectivity index (χ3n) is 6.04. The number of benzene rings is 2. The molecule has 2 aromatic carbocycles. The molecule has 1 aromatic heterocycles. The highest BCUT2D eigenvalue weighted by atomic mass is 19.4. The maximum absolute atomic E-state index is 12.6. The number of fused-ring (bicyclic) bond motifs is 1. The second-order valence-electron chi connectivity index (χ2n) is 8.37. The number of hydrogen-bond donors (Lipinski definition) is 1. The average molecular weight is 486 g/mol. The molecule has 0 saturated heterocycles. The van der Waals surface area contributed by atoms with Crippen molar-refractivity contribution in [2.75, 3.05) is 37.5 Å². The van der Waals surface area contributed by atoms with Gasteiger partial charge in [-0.3, -0.25) is 4.98 Å². The van der Waals surface area contributed by atoms with Gasteiger partial charge in [-0.05, 0) is 41.8 Å². The number of nitrogens with zero attached hydrogens (tertiary/aromatic N) is 2. The minimum atomic E-state index is -4.23. The van der Waals surface area contributed by atoms with Crippen molar-refractivity contribution in [1.82, 2.24) is 4.98 Å². The van der Waals surface area contributed by atoms with E-state index in [0.717, 1.165) is 29.1 Å². The van der Waals surface area contributed by atoms with Gasteiger partial charge in [-0.1, -0.05) is 18.2 Å². The topological polar surface area (TPSA) is 63.7 Å². The van der Waals surface area contributed by atoms with Crippen LogP contribution in [-0.4, -0.2) is 44.4 Å². The Morgan fingerprint density at radius 2 is 1.91 bits per heavy atom. The molecule has 0 fully saturated rings. The fourth-order valence-electron chi connectivity index (χ4n) is 4.15. The van der Waals surface area contributed by atoms with Crippen LogP contribution in [0.1, 0.15) is 33.8 Å². The number of carbonyl (C=O) groups is 1. The predicted octanol–water partition coefficient (Wildman–Crippen LogP) is 5.72. The molecule has 2 heterocycles. The summed E-state index contributed by atoms with van der Waals surface area (Å²) in [6.45, 7) is 1.14. The molecule has 1 atom stereocenters. The van der Waals surface area contributed by atoms with Crippen molar-refractivity contribution in [2.45, 2.75) is 24.9 Å². The quantitative estimate of drug-likeness (QED) is 0.432. The molecular weight excluding hydrogens is 459 g/mol. The molecule has 0 bridgehead atoms. The molecule has 1 aliphatic heterocycles. The van der Waals surface area contributed by atoms with Crippen molar-refractivity contribution < 1.29 is 27.4 Å². The normalized spacial score (nSPS) is 15.1. The Hall–Kier alpha value is -3.75. The number of halogens is 3. The Morgan fingerprint density at radius 3 is 2.63 bits per heavy atom. The fourth-order valence-corrected chi connectivity index (χ4v) is 4.15. The van der Waals surface area contributed by atoms with Crippen LogP contribution in [0.15, 0.2) is 60.9 Å². The summed E-state index contributed by atoms with van der Waals surface area (Å²) < 4.78 is 48.6. The second-order valence-corrected chi connectivity index (χ2v) is 8.37. The number of methoxy groups -OCH3 is 1. The van der Waals surface area contributed by atoms with Crippen LogP contribution in [0.4, 0.5) is 30.2 Å². The van der Waals surface area contributed by atoms with Gasteiger partial charge in [0, 0.05) is 43.1 Å². The fraction of sp³-hybridized carbons (Fsp3) is 0.308. The Bertz CT molecular complexity index is 1180. The molecule has 3 aromatic rings. The molecule has 0 radical (unpaired) electrons. The summed E-state index contributed by atoms with van der Waals surface area (Å²) in [6.07, 6.45) is -1.22. The van der Waals surface area contributed by atoms with E-state index in [4.69, 9.17) is 9.47 Å². The van der Waals surface area contributed by atoms with Crippen LogP contribution in [0, 0.1) is 0 Å². The summed E-state index contributed by atoms with van der Waals surface area (Å²) in [5.74, 6) is 0.493. The number of alkyl halides is 3. The number of aromatic nitrogens is 1. The lowest BCUT2D eigenvalue weighted by atomic mass is 9.92. The molecule has 1 N–H and O–H groups in total. The lowest BCUT2D eigenvalue weighted by Gasteiger charge is -2.28. The van der Waals surface area contributed by atoms with Gasteiger partial charge < -0.3 is 19.7 Å². The second kappa shape index (κ2) is 10.2. The Balaban J connectivity index is 1.48. The van der Waals surface area contributed by atoms with Crippen LogP contribution in [-0.2, 0) is 11.2 Å². The number of carbonyl (C=O) groups excluding carboxylic acids is 1. The first-order valence-corrected chi connectivity index (χ1v) is 11.2. The number of ether oxygens (including phenoxy) is 2. The third kappa shape index (κ3) is 5.85. The zero-order chi connectivity index (χ0) is 25.0. The molecular formula is C26H26F3N3O3. The van der Waals surface area contributed by atoms with Gasteiger partial charge in [0.1, 0.15) is 5.75 Å². The summed E-state index contributed by atoms with van der Waals surface area (Å²) in [5, 5.41) is 3.31. The molecule has 6 nitrogen and oxygen atoms in total. The molecule has 9 heteroatoms. The summed E-state index contributed by atoms with van der Waals surface area (Å²) >= 11 is 0. The molecule has 0 amide bonds. The molecule has 4 rings (SSSR count). The van der Waals surface area contributed by atoms with Crippen LogP contribution in [0.5, 0.6) is 5.75 Å². The third-order valence-corrected chi connectivity index (χ3v) is 6.04. The van der Waals surface area contributed by atoms with Crippen molar-refractivity contribution in [2.24, 2.45) is 0 Å². The molecule has 0 aliphatic carbocycles. The monoisotopic (exact) mass is 485 g/mol. The molecule has 0 spiro atoms. The highest BCUT2D eigenvalue weighted by Crippen LogP contribution is 2.38. The van der Waals surface area contributed by atoms with Gasteiger partial charge in [0.05, 0.1) is 37.6 Å². The van der Waals surface area contributed by atoms with Crippen molar-refractivity contribution >= 4 is 23.0 Å². The van der Waals surface area contributed by atoms with Crippen LogP contribution >= 0.6 is 0 Å². The largest absolute Gasteiger partial charge is 0.493 e. The summed E-state index contributed by atoms with van der Waals surface area (Å²) in [5.41, 5.74) is 3.94. The van der Waals surface area contributed by atoms with Gasteiger partial charge in [0.15, 0.2) is 0 Å². The minimum absolute atomic E-state index is 0.158. The van der Waals surface area contributed by atoms with Gasteiger partial charge in [-0.25, -0.2) is 4.79 Å². The van der Waals surface area contributed by atoms with Gasteiger partial charge >= 0.3 is 12.1 Å². The van der Waals surface area contributed by atoms with Crippen LogP contribution in [0.25, 0.3) is 0 Å². The number of pyridine rings is 1. The maximum atomic E-state index is 12.6. The van der Waals surface area contributed by atoms with E-state index in [1.807, 2.05) is 30.1 Å². The summed E-state index contributed by atoms with van der Waals surface area (Å²) in [4.78, 5) is 18.0. The first-order chi connectivity index (χ1) is 16.7. The van der Waals surface area contributed by atoms with E-state index in [-0.39, 0.29) is 11.5 Å². The van der Waals surface area contributed by atoms with Crippen LogP contribution in [0.3, 0.4) is 0 Å². The van der Waals surface area contributed by atoms with Gasteiger partial charge in [-0.2, -0.15) is 13.2 Å². The van der Waals surface area contributed by atoms with Crippen molar-refractivity contribution in [3.8, 4) is 5.75 Å². The van der Waals surface area contributed by atoms with E-state index < -0.39 is 18.6 Å². The highest BCUT2D eigenvalue weighted by molar-refractivity contribution is 5.95. The van der Waals surface area contributed by atoms with Gasteiger partial charge in [0.25, 0.3) is 0 Å². The number of hydrogen-bond acceptors (Lipinski definition) is 6. The van der Waals surface area contributed by atoms with Crippen LogP contribution in [0.2, 0.25) is 0 Å². The Kier molecular flexibility index (Phi) is 7.14. The zero-order valence-corrected chi connectivity index (χ0v) is 19.4. The Labute approximate surface area is 201 Å². The van der Waals surface area contributed by atoms with Gasteiger partial charge in [0.2, 0.25) is 0 Å². The number of rotatable bonds is 7. The zero-order valence-electron chi connectivity index (χ0n) is 19.4. The maximum Gasteiger partial charge on any atom is 0.393 e.